The predicted octanol–water partition coefficient (Wildman–Crippen LogP) is 3.32. The van der Waals surface area contributed by atoms with Crippen LogP contribution in [0.3, 0.4) is 0 Å². The molecule has 0 heterocycles. The first-order valence-electron chi connectivity index (χ1n) is 6.89. The van der Waals surface area contributed by atoms with E-state index in [1.165, 1.54) is 16.7 Å². The Morgan fingerprint density at radius 3 is 2.33 bits per heavy atom. The molecule has 0 saturated carbocycles. The first-order valence-corrected chi connectivity index (χ1v) is 6.89. The molecule has 4 heteroatoms. The van der Waals surface area contributed by atoms with E-state index in [1.807, 2.05) is 25.1 Å². The quantitative estimate of drug-likeness (QED) is 0.349. The number of rotatable bonds is 4. The minimum absolute atomic E-state index is 0.131. The number of anilines is 1. The van der Waals surface area contributed by atoms with E-state index in [9.17, 15) is 0 Å². The number of aryl methyl sites for hydroxylation is 3. The maximum Gasteiger partial charge on any atom is 0.170 e. The molecule has 4 N–H and O–H groups in total. The Kier molecular flexibility index (Phi) is 4.48. The van der Waals surface area contributed by atoms with Crippen LogP contribution in [0.25, 0.3) is 0 Å². The molecule has 0 amide bonds. The van der Waals surface area contributed by atoms with Crippen LogP contribution < -0.4 is 11.1 Å². The van der Waals surface area contributed by atoms with Crippen LogP contribution in [0.5, 0.6) is 0 Å². The molecular formula is C17H21N3O. The number of hydrogen-bond acceptors (Lipinski definition) is 3. The fourth-order valence-corrected chi connectivity index (χ4v) is 2.39. The van der Waals surface area contributed by atoms with Crippen molar-refractivity contribution in [2.45, 2.75) is 27.3 Å². The predicted molar refractivity (Wildman–Crippen MR) is 86.9 cm³/mol. The number of nitrogens with zero attached hydrogens (tertiary/aromatic N) is 1. The van der Waals surface area contributed by atoms with E-state index in [0.29, 0.717) is 0 Å². The zero-order valence-corrected chi connectivity index (χ0v) is 12.6. The average molecular weight is 283 g/mol. The Bertz CT molecular complexity index is 657. The smallest absolute Gasteiger partial charge is 0.170 e. The van der Waals surface area contributed by atoms with Crippen molar-refractivity contribution < 1.29 is 5.21 Å². The molecule has 0 radical (unpaired) electrons. The summed E-state index contributed by atoms with van der Waals surface area (Å²) in [5, 5.41) is 15.2. The Morgan fingerprint density at radius 1 is 1.10 bits per heavy atom. The van der Waals surface area contributed by atoms with Crippen LogP contribution in [0.15, 0.2) is 41.6 Å². The van der Waals surface area contributed by atoms with E-state index >= 15 is 0 Å². The van der Waals surface area contributed by atoms with Crippen molar-refractivity contribution in [3.8, 4) is 0 Å². The van der Waals surface area contributed by atoms with Gasteiger partial charge in [-0.1, -0.05) is 23.4 Å². The van der Waals surface area contributed by atoms with Gasteiger partial charge in [-0.3, -0.25) is 0 Å². The molecule has 21 heavy (non-hydrogen) atoms. The minimum atomic E-state index is 0.131. The molecule has 0 fully saturated rings. The lowest BCUT2D eigenvalue weighted by Crippen LogP contribution is -2.13. The van der Waals surface area contributed by atoms with E-state index in [1.54, 1.807) is 0 Å². The van der Waals surface area contributed by atoms with Crippen molar-refractivity contribution in [2.24, 2.45) is 10.9 Å². The molecule has 0 unspecified atom stereocenters. The maximum atomic E-state index is 8.70. The molecule has 0 atom stereocenters. The summed E-state index contributed by atoms with van der Waals surface area (Å²) in [7, 11) is 0. The second-order valence-corrected chi connectivity index (χ2v) is 5.36. The van der Waals surface area contributed by atoms with Gasteiger partial charge in [0.1, 0.15) is 0 Å². The third-order valence-electron chi connectivity index (χ3n) is 3.45. The van der Waals surface area contributed by atoms with Crippen LogP contribution in [0.4, 0.5) is 5.69 Å². The van der Waals surface area contributed by atoms with Gasteiger partial charge in [0.25, 0.3) is 0 Å². The SMILES string of the molecule is Cc1cc(C)cc(NCc2ccc(/C(N)=N/O)cc2C)c1. The first kappa shape index (κ1) is 14.9. The van der Waals surface area contributed by atoms with Crippen molar-refractivity contribution >= 4 is 11.5 Å². The Morgan fingerprint density at radius 2 is 1.76 bits per heavy atom. The van der Waals surface area contributed by atoms with Gasteiger partial charge in [-0.05, 0) is 61.2 Å². The molecule has 0 aliphatic heterocycles. The molecule has 110 valence electrons. The molecule has 0 bridgehead atoms. The van der Waals surface area contributed by atoms with E-state index in [4.69, 9.17) is 10.9 Å². The van der Waals surface area contributed by atoms with E-state index in [0.717, 1.165) is 23.4 Å². The standard InChI is InChI=1S/C17H21N3O/c1-11-6-12(2)8-16(7-11)19-10-15-5-4-14(9-13(15)3)17(18)20-21/h4-9,19,21H,10H2,1-3H3,(H2,18,20). The highest BCUT2D eigenvalue weighted by Gasteiger charge is 2.04. The van der Waals surface area contributed by atoms with Crippen molar-refractivity contribution in [2.75, 3.05) is 5.32 Å². The normalized spacial score (nSPS) is 11.5. The zero-order chi connectivity index (χ0) is 15.4. The zero-order valence-electron chi connectivity index (χ0n) is 12.6. The van der Waals surface area contributed by atoms with Gasteiger partial charge < -0.3 is 16.3 Å². The van der Waals surface area contributed by atoms with Crippen molar-refractivity contribution in [1.82, 2.24) is 0 Å². The van der Waals surface area contributed by atoms with Gasteiger partial charge in [0, 0.05) is 17.8 Å². The third-order valence-corrected chi connectivity index (χ3v) is 3.45. The summed E-state index contributed by atoms with van der Waals surface area (Å²) < 4.78 is 0. The van der Waals surface area contributed by atoms with Crippen LogP contribution in [0.2, 0.25) is 0 Å². The number of benzene rings is 2. The third kappa shape index (κ3) is 3.75. The second kappa shape index (κ2) is 6.31. The van der Waals surface area contributed by atoms with Crippen LogP contribution in [0.1, 0.15) is 27.8 Å². The summed E-state index contributed by atoms with van der Waals surface area (Å²) in [6.07, 6.45) is 0. The van der Waals surface area contributed by atoms with Gasteiger partial charge in [-0.25, -0.2) is 0 Å². The van der Waals surface area contributed by atoms with Crippen molar-refractivity contribution in [3.63, 3.8) is 0 Å². The second-order valence-electron chi connectivity index (χ2n) is 5.36. The number of oxime groups is 1. The summed E-state index contributed by atoms with van der Waals surface area (Å²) in [6.45, 7) is 6.95. The molecule has 0 aromatic heterocycles. The van der Waals surface area contributed by atoms with Gasteiger partial charge in [0.2, 0.25) is 0 Å². The molecule has 2 aromatic carbocycles. The average Bonchev–Trinajstić information content (AvgIpc) is 2.44. The fraction of sp³-hybridized carbons (Fsp3) is 0.235. The van der Waals surface area contributed by atoms with Crippen LogP contribution in [-0.4, -0.2) is 11.0 Å². The monoisotopic (exact) mass is 283 g/mol. The lowest BCUT2D eigenvalue weighted by molar-refractivity contribution is 0.318. The summed E-state index contributed by atoms with van der Waals surface area (Å²) in [4.78, 5) is 0. The molecule has 0 aliphatic rings. The number of hydrogen-bond donors (Lipinski definition) is 3. The maximum absolute atomic E-state index is 8.70. The summed E-state index contributed by atoms with van der Waals surface area (Å²) in [6, 6.07) is 12.2. The molecule has 0 aliphatic carbocycles. The Balaban J connectivity index is 2.13. The molecule has 0 spiro atoms. The van der Waals surface area contributed by atoms with E-state index < -0.39 is 0 Å². The van der Waals surface area contributed by atoms with E-state index in [2.05, 4.69) is 42.5 Å². The summed E-state index contributed by atoms with van der Waals surface area (Å²) in [5.41, 5.74) is 12.2. The highest BCUT2D eigenvalue weighted by Crippen LogP contribution is 2.17. The summed E-state index contributed by atoms with van der Waals surface area (Å²) >= 11 is 0. The van der Waals surface area contributed by atoms with Crippen LogP contribution >= 0.6 is 0 Å². The molecule has 2 rings (SSSR count). The fourth-order valence-electron chi connectivity index (χ4n) is 2.39. The Labute approximate surface area is 125 Å². The van der Waals surface area contributed by atoms with E-state index in [-0.39, 0.29) is 5.84 Å². The number of nitrogens with one attached hydrogen (secondary N) is 1. The van der Waals surface area contributed by atoms with Gasteiger partial charge in [-0.2, -0.15) is 0 Å². The van der Waals surface area contributed by atoms with Gasteiger partial charge >= 0.3 is 0 Å². The highest BCUT2D eigenvalue weighted by molar-refractivity contribution is 5.97. The summed E-state index contributed by atoms with van der Waals surface area (Å²) in [5.74, 6) is 0.131. The topological polar surface area (TPSA) is 70.6 Å². The van der Waals surface area contributed by atoms with Crippen LogP contribution in [0, 0.1) is 20.8 Å². The Hall–Kier alpha value is -2.49. The lowest BCUT2D eigenvalue weighted by atomic mass is 10.0. The molecule has 0 saturated heterocycles. The molecule has 4 nitrogen and oxygen atoms in total. The molecular weight excluding hydrogens is 262 g/mol. The van der Waals surface area contributed by atoms with Crippen molar-refractivity contribution in [3.05, 3.63) is 64.2 Å². The highest BCUT2D eigenvalue weighted by atomic mass is 16.4. The minimum Gasteiger partial charge on any atom is -0.409 e. The van der Waals surface area contributed by atoms with Crippen LogP contribution in [-0.2, 0) is 6.54 Å². The number of amidine groups is 1. The van der Waals surface area contributed by atoms with Gasteiger partial charge in [0.15, 0.2) is 5.84 Å². The van der Waals surface area contributed by atoms with Gasteiger partial charge in [-0.15, -0.1) is 0 Å². The van der Waals surface area contributed by atoms with Gasteiger partial charge in [0.05, 0.1) is 0 Å². The number of nitrogens with two attached hydrogens (primary N) is 1. The molecule has 2 aromatic rings. The lowest BCUT2D eigenvalue weighted by Gasteiger charge is -2.12. The largest absolute Gasteiger partial charge is 0.409 e. The first-order chi connectivity index (χ1) is 9.99. The van der Waals surface area contributed by atoms with Crippen molar-refractivity contribution in [1.29, 1.82) is 0 Å².